The van der Waals surface area contributed by atoms with Gasteiger partial charge in [0.15, 0.2) is 0 Å². The van der Waals surface area contributed by atoms with Gasteiger partial charge in [0.1, 0.15) is 0 Å². The predicted molar refractivity (Wildman–Crippen MR) is 101 cm³/mol. The lowest BCUT2D eigenvalue weighted by molar-refractivity contribution is 0.330. The first-order valence-electron chi connectivity index (χ1n) is 8.88. The van der Waals surface area contributed by atoms with E-state index < -0.39 is 10.0 Å². The molecule has 0 radical (unpaired) electrons. The molecule has 0 bridgehead atoms. The predicted octanol–water partition coefficient (Wildman–Crippen LogP) is 4.60. The molecule has 4 heteroatoms. The van der Waals surface area contributed by atoms with Gasteiger partial charge in [-0.2, -0.15) is 0 Å². The number of allylic oxidation sites excluding steroid dienone is 2. The monoisotopic (exact) mass is 353 g/mol. The van der Waals surface area contributed by atoms with Gasteiger partial charge >= 0.3 is 0 Å². The fourth-order valence-electron chi connectivity index (χ4n) is 4.54. The van der Waals surface area contributed by atoms with E-state index in [-0.39, 0.29) is 4.90 Å². The third kappa shape index (κ3) is 3.16. The van der Waals surface area contributed by atoms with Crippen LogP contribution in [-0.2, 0) is 10.0 Å². The number of hydrogen-bond donors (Lipinski definition) is 1. The lowest BCUT2D eigenvalue weighted by Crippen LogP contribution is -2.12. The zero-order valence-corrected chi connectivity index (χ0v) is 15.1. The van der Waals surface area contributed by atoms with Crippen LogP contribution < -0.4 is 5.14 Å². The molecule has 130 valence electrons. The van der Waals surface area contributed by atoms with Crippen molar-refractivity contribution in [1.29, 1.82) is 0 Å². The molecule has 0 aliphatic heterocycles. The highest BCUT2D eigenvalue weighted by Gasteiger charge is 2.41. The molecule has 2 aliphatic rings. The smallest absolute Gasteiger partial charge is 0.225 e. The van der Waals surface area contributed by atoms with Crippen molar-refractivity contribution in [3.63, 3.8) is 0 Å². The van der Waals surface area contributed by atoms with Crippen molar-refractivity contribution < 1.29 is 8.42 Å². The Morgan fingerprint density at radius 2 is 1.28 bits per heavy atom. The molecule has 3 nitrogen and oxygen atoms in total. The maximum atomic E-state index is 11.5. The van der Waals surface area contributed by atoms with Crippen LogP contribution in [0.15, 0.2) is 59.5 Å². The summed E-state index contributed by atoms with van der Waals surface area (Å²) in [5.74, 6) is 0. The van der Waals surface area contributed by atoms with Gasteiger partial charge in [-0.05, 0) is 65.5 Å². The standard InChI is InChI=1S/C21H23NO2S/c22-25(23,24)18-10-8-17(9-11-18)20-15-21(12-4-5-13-21)14-19(20)16-6-2-1-3-7-16/h1-3,6-11H,4-5,12-15H2,(H2,22,23,24). The Kier molecular flexibility index (Phi) is 4.05. The summed E-state index contributed by atoms with van der Waals surface area (Å²) in [5.41, 5.74) is 5.60. The summed E-state index contributed by atoms with van der Waals surface area (Å²) in [5, 5.41) is 5.23. The molecule has 0 amide bonds. The maximum Gasteiger partial charge on any atom is 0.238 e. The van der Waals surface area contributed by atoms with Gasteiger partial charge in [-0.15, -0.1) is 0 Å². The molecule has 0 heterocycles. The normalized spacial score (nSPS) is 19.7. The molecule has 25 heavy (non-hydrogen) atoms. The van der Waals surface area contributed by atoms with Crippen molar-refractivity contribution in [1.82, 2.24) is 0 Å². The second kappa shape index (κ2) is 6.11. The van der Waals surface area contributed by atoms with E-state index in [1.54, 1.807) is 12.1 Å². The molecule has 1 spiro atoms. The number of nitrogens with two attached hydrogens (primary N) is 1. The summed E-state index contributed by atoms with van der Waals surface area (Å²) in [6, 6.07) is 17.7. The van der Waals surface area contributed by atoms with Crippen molar-refractivity contribution in [3.8, 4) is 0 Å². The Balaban J connectivity index is 1.77. The molecule has 2 aromatic rings. The van der Waals surface area contributed by atoms with Crippen LogP contribution in [0.1, 0.15) is 49.7 Å². The average molecular weight is 353 g/mol. The van der Waals surface area contributed by atoms with E-state index >= 15 is 0 Å². The van der Waals surface area contributed by atoms with Gasteiger partial charge < -0.3 is 0 Å². The molecular formula is C21H23NO2S. The largest absolute Gasteiger partial charge is 0.238 e. The van der Waals surface area contributed by atoms with Crippen molar-refractivity contribution in [2.75, 3.05) is 0 Å². The van der Waals surface area contributed by atoms with Crippen LogP contribution in [0, 0.1) is 5.41 Å². The summed E-state index contributed by atoms with van der Waals surface area (Å²) in [7, 11) is -3.65. The number of hydrogen-bond acceptors (Lipinski definition) is 2. The van der Waals surface area contributed by atoms with Crippen LogP contribution in [0.5, 0.6) is 0 Å². The minimum Gasteiger partial charge on any atom is -0.225 e. The van der Waals surface area contributed by atoms with Crippen LogP contribution in [0.25, 0.3) is 11.1 Å². The summed E-state index contributed by atoms with van der Waals surface area (Å²) in [6.45, 7) is 0. The van der Waals surface area contributed by atoms with E-state index in [0.717, 1.165) is 18.4 Å². The quantitative estimate of drug-likeness (QED) is 0.876. The average Bonchev–Trinajstić information content (AvgIpc) is 3.23. The minimum absolute atomic E-state index is 0.173. The fraction of sp³-hybridized carbons (Fsp3) is 0.333. The molecule has 2 N–H and O–H groups in total. The molecule has 1 saturated carbocycles. The molecule has 2 aliphatic carbocycles. The van der Waals surface area contributed by atoms with E-state index in [1.165, 1.54) is 42.4 Å². The summed E-state index contributed by atoms with van der Waals surface area (Å²) >= 11 is 0. The molecule has 0 atom stereocenters. The molecule has 0 unspecified atom stereocenters. The zero-order valence-electron chi connectivity index (χ0n) is 14.2. The Hall–Kier alpha value is -1.91. The SMILES string of the molecule is NS(=O)(=O)c1ccc(C2=C(c3ccccc3)CC3(CCCC3)C2)cc1. The van der Waals surface area contributed by atoms with Gasteiger partial charge in [-0.25, -0.2) is 13.6 Å². The van der Waals surface area contributed by atoms with E-state index in [1.807, 2.05) is 18.2 Å². The van der Waals surface area contributed by atoms with Gasteiger partial charge in [0.25, 0.3) is 0 Å². The highest BCUT2D eigenvalue weighted by Crippen LogP contribution is 2.57. The molecule has 2 aromatic carbocycles. The first-order valence-corrected chi connectivity index (χ1v) is 10.4. The van der Waals surface area contributed by atoms with Gasteiger partial charge in [0, 0.05) is 0 Å². The van der Waals surface area contributed by atoms with E-state index in [4.69, 9.17) is 5.14 Å². The Bertz CT molecular complexity index is 906. The van der Waals surface area contributed by atoms with Crippen LogP contribution in [-0.4, -0.2) is 8.42 Å². The van der Waals surface area contributed by atoms with Crippen molar-refractivity contribution >= 4 is 21.2 Å². The van der Waals surface area contributed by atoms with Gasteiger partial charge in [-0.1, -0.05) is 55.3 Å². The van der Waals surface area contributed by atoms with Crippen LogP contribution >= 0.6 is 0 Å². The van der Waals surface area contributed by atoms with Crippen molar-refractivity contribution in [2.24, 2.45) is 10.6 Å². The molecular weight excluding hydrogens is 330 g/mol. The maximum absolute atomic E-state index is 11.5. The lowest BCUT2D eigenvalue weighted by Gasteiger charge is -2.23. The van der Waals surface area contributed by atoms with Crippen LogP contribution in [0.3, 0.4) is 0 Å². The number of rotatable bonds is 3. The molecule has 0 aromatic heterocycles. The molecule has 4 rings (SSSR count). The second-order valence-electron chi connectivity index (χ2n) is 7.45. The van der Waals surface area contributed by atoms with Crippen molar-refractivity contribution in [2.45, 2.75) is 43.4 Å². The number of sulfonamides is 1. The third-order valence-corrected chi connectivity index (χ3v) is 6.71. The highest BCUT2D eigenvalue weighted by molar-refractivity contribution is 7.89. The molecule has 1 fully saturated rings. The van der Waals surface area contributed by atoms with Gasteiger partial charge in [0.2, 0.25) is 10.0 Å². The number of benzene rings is 2. The Labute approximate surface area is 149 Å². The fourth-order valence-corrected chi connectivity index (χ4v) is 5.06. The highest BCUT2D eigenvalue weighted by atomic mass is 32.2. The van der Waals surface area contributed by atoms with Gasteiger partial charge in [0.05, 0.1) is 4.90 Å². The first-order chi connectivity index (χ1) is 12.0. The van der Waals surface area contributed by atoms with Gasteiger partial charge in [-0.3, -0.25) is 0 Å². The second-order valence-corrected chi connectivity index (χ2v) is 9.01. The van der Waals surface area contributed by atoms with Crippen molar-refractivity contribution in [3.05, 3.63) is 65.7 Å². The Morgan fingerprint density at radius 1 is 0.760 bits per heavy atom. The van der Waals surface area contributed by atoms with Crippen LogP contribution in [0.4, 0.5) is 0 Å². The summed E-state index contributed by atoms with van der Waals surface area (Å²) in [6.07, 6.45) is 7.44. The summed E-state index contributed by atoms with van der Waals surface area (Å²) in [4.78, 5) is 0.173. The topological polar surface area (TPSA) is 60.2 Å². The van der Waals surface area contributed by atoms with E-state index in [9.17, 15) is 8.42 Å². The minimum atomic E-state index is -3.65. The summed E-state index contributed by atoms with van der Waals surface area (Å²) < 4.78 is 23.0. The zero-order chi connectivity index (χ0) is 17.5. The number of primary sulfonamides is 1. The van der Waals surface area contributed by atoms with Crippen LogP contribution in [0.2, 0.25) is 0 Å². The molecule has 0 saturated heterocycles. The van der Waals surface area contributed by atoms with E-state index in [0.29, 0.717) is 5.41 Å². The van der Waals surface area contributed by atoms with E-state index in [2.05, 4.69) is 24.3 Å². The Morgan fingerprint density at radius 3 is 1.80 bits per heavy atom. The lowest BCUT2D eigenvalue weighted by atomic mass is 9.81. The first kappa shape index (κ1) is 16.6. The third-order valence-electron chi connectivity index (χ3n) is 5.79.